The highest BCUT2D eigenvalue weighted by molar-refractivity contribution is 5.94. The molecule has 90 valence electrons. The van der Waals surface area contributed by atoms with Crippen molar-refractivity contribution in [1.82, 2.24) is 4.98 Å². The first-order chi connectivity index (χ1) is 7.93. The fourth-order valence-electron chi connectivity index (χ4n) is 1.80. The molecule has 0 aliphatic heterocycles. The van der Waals surface area contributed by atoms with Gasteiger partial charge >= 0.3 is 0 Å². The molecule has 0 saturated heterocycles. The average molecular weight is 230 g/mol. The highest BCUT2D eigenvalue weighted by atomic mass is 16.5. The zero-order valence-electron chi connectivity index (χ0n) is 10.7. The van der Waals surface area contributed by atoms with E-state index in [-0.39, 0.29) is 5.41 Å². The first kappa shape index (κ1) is 11.7. The molecule has 0 saturated carbocycles. The van der Waals surface area contributed by atoms with Gasteiger partial charge in [-0.05, 0) is 12.1 Å². The number of ether oxygens (including phenoxy) is 1. The monoisotopic (exact) mass is 230 g/mol. The Kier molecular flexibility index (Phi) is 2.69. The molecule has 2 N–H and O–H groups in total. The summed E-state index contributed by atoms with van der Waals surface area (Å²) < 4.78 is 5.33. The van der Waals surface area contributed by atoms with Gasteiger partial charge in [0.2, 0.25) is 0 Å². The van der Waals surface area contributed by atoms with E-state index in [1.807, 2.05) is 24.3 Å². The van der Waals surface area contributed by atoms with Gasteiger partial charge in [-0.25, -0.2) is 4.98 Å². The van der Waals surface area contributed by atoms with E-state index in [1.165, 1.54) is 0 Å². The number of aromatic nitrogens is 1. The summed E-state index contributed by atoms with van der Waals surface area (Å²) in [7, 11) is 1.65. The zero-order valence-corrected chi connectivity index (χ0v) is 10.7. The van der Waals surface area contributed by atoms with Crippen LogP contribution in [0.2, 0.25) is 0 Å². The Labute approximate surface area is 102 Å². The molecule has 1 aromatic carbocycles. The van der Waals surface area contributed by atoms with Crippen molar-refractivity contribution in [3.8, 4) is 5.75 Å². The van der Waals surface area contributed by atoms with Crippen LogP contribution in [0.5, 0.6) is 5.75 Å². The number of rotatable bonds is 1. The molecule has 0 radical (unpaired) electrons. The number of para-hydroxylation sites is 1. The minimum Gasteiger partial charge on any atom is -0.494 e. The van der Waals surface area contributed by atoms with Crippen molar-refractivity contribution < 1.29 is 4.74 Å². The van der Waals surface area contributed by atoms with E-state index < -0.39 is 0 Å². The molecule has 1 aromatic heterocycles. The molecule has 0 unspecified atom stereocenters. The summed E-state index contributed by atoms with van der Waals surface area (Å²) in [6.07, 6.45) is 0. The lowest BCUT2D eigenvalue weighted by Crippen LogP contribution is -2.14. The van der Waals surface area contributed by atoms with E-state index in [1.54, 1.807) is 7.11 Å². The van der Waals surface area contributed by atoms with Gasteiger partial charge in [-0.1, -0.05) is 32.9 Å². The second-order valence-electron chi connectivity index (χ2n) is 5.20. The Morgan fingerprint density at radius 2 is 1.94 bits per heavy atom. The Hall–Kier alpha value is -1.77. The van der Waals surface area contributed by atoms with Gasteiger partial charge < -0.3 is 10.5 Å². The molecule has 0 aliphatic rings. The number of pyridine rings is 1. The molecule has 3 heteroatoms. The number of nitrogens with two attached hydrogens (primary N) is 1. The van der Waals surface area contributed by atoms with Gasteiger partial charge in [0, 0.05) is 22.2 Å². The second kappa shape index (κ2) is 3.91. The van der Waals surface area contributed by atoms with Crippen molar-refractivity contribution in [3.63, 3.8) is 0 Å². The lowest BCUT2D eigenvalue weighted by molar-refractivity contribution is 0.418. The largest absolute Gasteiger partial charge is 0.494 e. The smallest absolute Gasteiger partial charge is 0.145 e. The average Bonchev–Trinajstić information content (AvgIpc) is 2.27. The second-order valence-corrected chi connectivity index (χ2v) is 5.20. The highest BCUT2D eigenvalue weighted by Gasteiger charge is 2.18. The van der Waals surface area contributed by atoms with E-state index in [0.717, 1.165) is 28.0 Å². The highest BCUT2D eigenvalue weighted by Crippen LogP contribution is 2.31. The summed E-state index contributed by atoms with van der Waals surface area (Å²) in [4.78, 5) is 4.67. The normalized spacial score (nSPS) is 11.8. The molecule has 0 fully saturated rings. The van der Waals surface area contributed by atoms with Crippen LogP contribution in [0, 0.1) is 0 Å². The van der Waals surface area contributed by atoms with Crippen molar-refractivity contribution in [2.24, 2.45) is 0 Å². The topological polar surface area (TPSA) is 48.1 Å². The van der Waals surface area contributed by atoms with Gasteiger partial charge in [0.05, 0.1) is 7.11 Å². The molecule has 0 bridgehead atoms. The van der Waals surface area contributed by atoms with E-state index in [2.05, 4.69) is 25.8 Å². The molecule has 17 heavy (non-hydrogen) atoms. The quantitative estimate of drug-likeness (QED) is 0.818. The standard InChI is InChI=1S/C14H18N2O/c1-14(2,3)12-8-10(15)9-6-5-7-11(17-4)13(9)16-12/h5-8H,1-4H3,(H2,15,16). The Morgan fingerprint density at radius 3 is 2.53 bits per heavy atom. The van der Waals surface area contributed by atoms with Crippen molar-refractivity contribution in [2.45, 2.75) is 26.2 Å². The molecule has 0 atom stereocenters. The Balaban J connectivity index is 2.79. The van der Waals surface area contributed by atoms with E-state index >= 15 is 0 Å². The number of nitrogen functional groups attached to an aromatic ring is 1. The molecule has 2 aromatic rings. The van der Waals surface area contributed by atoms with E-state index in [4.69, 9.17) is 10.5 Å². The van der Waals surface area contributed by atoms with Crippen molar-refractivity contribution in [1.29, 1.82) is 0 Å². The third-order valence-corrected chi connectivity index (χ3v) is 2.82. The fourth-order valence-corrected chi connectivity index (χ4v) is 1.80. The van der Waals surface area contributed by atoms with Gasteiger partial charge in [0.25, 0.3) is 0 Å². The number of fused-ring (bicyclic) bond motifs is 1. The summed E-state index contributed by atoms with van der Waals surface area (Å²) >= 11 is 0. The third-order valence-electron chi connectivity index (χ3n) is 2.82. The predicted octanol–water partition coefficient (Wildman–Crippen LogP) is 3.12. The number of benzene rings is 1. The van der Waals surface area contributed by atoms with Crippen LogP contribution in [0.25, 0.3) is 10.9 Å². The van der Waals surface area contributed by atoms with Crippen LogP contribution in [-0.4, -0.2) is 12.1 Å². The number of hydrogen-bond acceptors (Lipinski definition) is 3. The van der Waals surface area contributed by atoms with Gasteiger partial charge in [-0.3, -0.25) is 0 Å². The van der Waals surface area contributed by atoms with Crippen molar-refractivity contribution in [2.75, 3.05) is 12.8 Å². The third kappa shape index (κ3) is 2.05. The maximum absolute atomic E-state index is 6.08. The first-order valence-corrected chi connectivity index (χ1v) is 5.67. The molecule has 3 nitrogen and oxygen atoms in total. The molecule has 0 amide bonds. The predicted molar refractivity (Wildman–Crippen MR) is 71.4 cm³/mol. The molecule has 2 rings (SSSR count). The summed E-state index contributed by atoms with van der Waals surface area (Å²) in [5, 5.41) is 0.942. The van der Waals surface area contributed by atoms with E-state index in [9.17, 15) is 0 Å². The molecular weight excluding hydrogens is 212 g/mol. The number of anilines is 1. The molecular formula is C14H18N2O. The summed E-state index contributed by atoms with van der Waals surface area (Å²) in [5.74, 6) is 0.764. The van der Waals surface area contributed by atoms with Crippen LogP contribution in [0.4, 0.5) is 5.69 Å². The molecule has 1 heterocycles. The number of nitrogens with zero attached hydrogens (tertiary/aromatic N) is 1. The minimum absolute atomic E-state index is 0.0246. The molecule has 0 aliphatic carbocycles. The van der Waals surface area contributed by atoms with Crippen LogP contribution >= 0.6 is 0 Å². The maximum atomic E-state index is 6.08. The van der Waals surface area contributed by atoms with Gasteiger partial charge in [0.1, 0.15) is 11.3 Å². The fraction of sp³-hybridized carbons (Fsp3) is 0.357. The summed E-state index contributed by atoms with van der Waals surface area (Å²) in [5.41, 5.74) is 8.62. The van der Waals surface area contributed by atoms with Crippen molar-refractivity contribution >= 4 is 16.6 Å². The van der Waals surface area contributed by atoms with Crippen LogP contribution in [0.1, 0.15) is 26.5 Å². The summed E-state index contributed by atoms with van der Waals surface area (Å²) in [6, 6.07) is 7.74. The lowest BCUT2D eigenvalue weighted by Gasteiger charge is -2.19. The summed E-state index contributed by atoms with van der Waals surface area (Å²) in [6.45, 7) is 6.36. The lowest BCUT2D eigenvalue weighted by atomic mass is 9.91. The number of methoxy groups -OCH3 is 1. The molecule has 0 spiro atoms. The first-order valence-electron chi connectivity index (χ1n) is 5.67. The van der Waals surface area contributed by atoms with Crippen LogP contribution < -0.4 is 10.5 Å². The SMILES string of the molecule is COc1cccc2c(N)cc(C(C)(C)C)nc12. The maximum Gasteiger partial charge on any atom is 0.145 e. The van der Waals surface area contributed by atoms with Gasteiger partial charge in [-0.15, -0.1) is 0 Å². The minimum atomic E-state index is -0.0246. The van der Waals surface area contributed by atoms with E-state index in [0.29, 0.717) is 0 Å². The Morgan fingerprint density at radius 1 is 1.24 bits per heavy atom. The van der Waals surface area contributed by atoms with Crippen LogP contribution in [0.3, 0.4) is 0 Å². The number of hydrogen-bond donors (Lipinski definition) is 1. The Bertz CT molecular complexity index is 556. The van der Waals surface area contributed by atoms with Gasteiger partial charge in [-0.2, -0.15) is 0 Å². The van der Waals surface area contributed by atoms with Crippen LogP contribution in [-0.2, 0) is 5.41 Å². The van der Waals surface area contributed by atoms with Crippen molar-refractivity contribution in [3.05, 3.63) is 30.0 Å². The zero-order chi connectivity index (χ0) is 12.6. The van der Waals surface area contributed by atoms with Gasteiger partial charge in [0.15, 0.2) is 0 Å². The van der Waals surface area contributed by atoms with Crippen LogP contribution in [0.15, 0.2) is 24.3 Å².